The van der Waals surface area contributed by atoms with Crippen molar-refractivity contribution in [2.75, 3.05) is 44.2 Å². The highest BCUT2D eigenvalue weighted by atomic mass is 16.2. The number of hydrogen-bond acceptors (Lipinski definition) is 4. The van der Waals surface area contributed by atoms with Gasteiger partial charge in [0.1, 0.15) is 0 Å². The van der Waals surface area contributed by atoms with Crippen molar-refractivity contribution in [3.8, 4) is 0 Å². The zero-order valence-electron chi connectivity index (χ0n) is 14.1. The van der Waals surface area contributed by atoms with Crippen LogP contribution in [0.5, 0.6) is 0 Å². The van der Waals surface area contributed by atoms with Gasteiger partial charge in [0.05, 0.1) is 17.9 Å². The van der Waals surface area contributed by atoms with E-state index in [9.17, 15) is 9.59 Å². The van der Waals surface area contributed by atoms with E-state index in [1.165, 1.54) is 0 Å². The highest BCUT2D eigenvalue weighted by Crippen LogP contribution is 2.25. The van der Waals surface area contributed by atoms with Crippen LogP contribution in [-0.2, 0) is 9.59 Å². The van der Waals surface area contributed by atoms with Crippen LogP contribution in [0.15, 0.2) is 12.4 Å². The van der Waals surface area contributed by atoms with Gasteiger partial charge in [-0.2, -0.15) is 5.10 Å². The molecule has 0 N–H and O–H groups in total. The largest absolute Gasteiger partial charge is 0.341 e. The van der Waals surface area contributed by atoms with Gasteiger partial charge in [0.15, 0.2) is 0 Å². The minimum Gasteiger partial charge on any atom is -0.341 e. The van der Waals surface area contributed by atoms with Crippen LogP contribution in [0.2, 0.25) is 0 Å². The Labute approximate surface area is 142 Å². The summed E-state index contributed by atoms with van der Waals surface area (Å²) in [6.45, 7) is 5.46. The molecular formula is C17H25N5O2. The number of carbonyl (C=O) groups excluding carboxylic acids is 2. The molecule has 24 heavy (non-hydrogen) atoms. The van der Waals surface area contributed by atoms with E-state index in [2.05, 4.69) is 10.00 Å². The van der Waals surface area contributed by atoms with Gasteiger partial charge in [0, 0.05) is 58.3 Å². The average molecular weight is 331 g/mol. The number of anilines is 1. The molecule has 7 heteroatoms. The summed E-state index contributed by atoms with van der Waals surface area (Å²) in [7, 11) is 0. The maximum Gasteiger partial charge on any atom is 0.227 e. The smallest absolute Gasteiger partial charge is 0.227 e. The summed E-state index contributed by atoms with van der Waals surface area (Å²) in [6.07, 6.45) is 8.29. The van der Waals surface area contributed by atoms with E-state index < -0.39 is 0 Å². The van der Waals surface area contributed by atoms with Crippen molar-refractivity contribution >= 4 is 17.5 Å². The first-order chi connectivity index (χ1) is 11.7. The molecule has 4 heterocycles. The second-order valence-corrected chi connectivity index (χ2v) is 7.08. The summed E-state index contributed by atoms with van der Waals surface area (Å²) < 4.78 is 1.99. The predicted molar refractivity (Wildman–Crippen MR) is 89.7 cm³/mol. The van der Waals surface area contributed by atoms with E-state index in [1.54, 1.807) is 6.20 Å². The third-order valence-electron chi connectivity index (χ3n) is 5.39. The maximum absolute atomic E-state index is 11.8. The van der Waals surface area contributed by atoms with Gasteiger partial charge in [0.2, 0.25) is 11.8 Å². The second-order valence-electron chi connectivity index (χ2n) is 7.08. The summed E-state index contributed by atoms with van der Waals surface area (Å²) in [5.41, 5.74) is 0.926. The van der Waals surface area contributed by atoms with Crippen LogP contribution in [0.3, 0.4) is 0 Å². The van der Waals surface area contributed by atoms with Gasteiger partial charge in [-0.05, 0) is 19.3 Å². The summed E-state index contributed by atoms with van der Waals surface area (Å²) >= 11 is 0. The van der Waals surface area contributed by atoms with E-state index in [0.717, 1.165) is 64.2 Å². The van der Waals surface area contributed by atoms with Crippen molar-refractivity contribution < 1.29 is 9.59 Å². The van der Waals surface area contributed by atoms with Gasteiger partial charge in [0.25, 0.3) is 0 Å². The third kappa shape index (κ3) is 3.05. The van der Waals surface area contributed by atoms with Gasteiger partial charge in [-0.3, -0.25) is 19.2 Å². The third-order valence-corrected chi connectivity index (χ3v) is 5.39. The molecule has 0 unspecified atom stereocenters. The zero-order valence-corrected chi connectivity index (χ0v) is 14.1. The number of nitrogens with zero attached hydrogens (tertiary/aromatic N) is 5. The van der Waals surface area contributed by atoms with Crippen molar-refractivity contribution in [1.29, 1.82) is 0 Å². The normalized spacial score (nSPS) is 23.2. The molecule has 1 aromatic heterocycles. The average Bonchev–Trinajstić information content (AvgIpc) is 3.16. The molecule has 2 amide bonds. The number of carbonyl (C=O) groups is 2. The summed E-state index contributed by atoms with van der Waals surface area (Å²) in [4.78, 5) is 29.8. The van der Waals surface area contributed by atoms with E-state index in [-0.39, 0.29) is 5.91 Å². The molecule has 0 aliphatic carbocycles. The standard InChI is InChI=1S/C17H25N5O2/c23-16-4-1-2-6-20(16)9-8-19-11-15(12-19)22-13-14(10-18-22)21-7-3-5-17(21)24/h10,13,15H,1-9,11-12H2. The van der Waals surface area contributed by atoms with Crippen molar-refractivity contribution in [1.82, 2.24) is 19.6 Å². The molecule has 0 bridgehead atoms. The van der Waals surface area contributed by atoms with Crippen molar-refractivity contribution in [2.24, 2.45) is 0 Å². The van der Waals surface area contributed by atoms with Crippen LogP contribution in [-0.4, -0.2) is 70.7 Å². The number of hydrogen-bond donors (Lipinski definition) is 0. The maximum atomic E-state index is 11.8. The fourth-order valence-electron chi connectivity index (χ4n) is 3.84. The van der Waals surface area contributed by atoms with E-state index in [0.29, 0.717) is 24.8 Å². The molecule has 3 fully saturated rings. The fraction of sp³-hybridized carbons (Fsp3) is 0.706. The molecule has 4 rings (SSSR count). The molecule has 0 atom stereocenters. The molecule has 3 aliphatic heterocycles. The molecule has 0 aromatic carbocycles. The summed E-state index contributed by atoms with van der Waals surface area (Å²) in [5, 5.41) is 4.45. The minimum atomic E-state index is 0.205. The number of aromatic nitrogens is 2. The lowest BCUT2D eigenvalue weighted by Crippen LogP contribution is -2.51. The van der Waals surface area contributed by atoms with E-state index in [4.69, 9.17) is 0 Å². The lowest BCUT2D eigenvalue weighted by atomic mass is 10.1. The molecule has 3 saturated heterocycles. The number of piperidine rings is 1. The lowest BCUT2D eigenvalue weighted by Gasteiger charge is -2.40. The Bertz CT molecular complexity index is 622. The molecular weight excluding hydrogens is 306 g/mol. The molecule has 3 aliphatic rings. The summed E-state index contributed by atoms with van der Waals surface area (Å²) in [5.74, 6) is 0.515. The van der Waals surface area contributed by atoms with Crippen molar-refractivity contribution in [3.63, 3.8) is 0 Å². The Balaban J connectivity index is 1.25. The lowest BCUT2D eigenvalue weighted by molar-refractivity contribution is -0.133. The Kier molecular flexibility index (Phi) is 4.26. The van der Waals surface area contributed by atoms with E-state index >= 15 is 0 Å². The first-order valence-electron chi connectivity index (χ1n) is 9.05. The van der Waals surface area contributed by atoms with Crippen molar-refractivity contribution in [3.05, 3.63) is 12.4 Å². The Morgan fingerprint density at radius 1 is 1.00 bits per heavy atom. The predicted octanol–water partition coefficient (Wildman–Crippen LogP) is 0.879. The zero-order chi connectivity index (χ0) is 16.5. The SMILES string of the molecule is O=C1CCCCN1CCN1CC(n2cc(N3CCCC3=O)cn2)C1. The molecule has 0 saturated carbocycles. The fourth-order valence-corrected chi connectivity index (χ4v) is 3.84. The van der Waals surface area contributed by atoms with E-state index in [1.807, 2.05) is 20.7 Å². The topological polar surface area (TPSA) is 61.7 Å². The summed E-state index contributed by atoms with van der Waals surface area (Å²) in [6, 6.07) is 0.383. The first-order valence-corrected chi connectivity index (χ1v) is 9.05. The Morgan fingerprint density at radius 3 is 2.58 bits per heavy atom. The van der Waals surface area contributed by atoms with Crippen LogP contribution >= 0.6 is 0 Å². The highest BCUT2D eigenvalue weighted by Gasteiger charge is 2.30. The number of likely N-dealkylation sites (tertiary alicyclic amines) is 2. The van der Waals surface area contributed by atoms with Crippen molar-refractivity contribution in [2.45, 2.75) is 38.1 Å². The van der Waals surface area contributed by atoms with Gasteiger partial charge in [-0.15, -0.1) is 0 Å². The molecule has 1 aromatic rings. The number of rotatable bonds is 5. The van der Waals surface area contributed by atoms with Gasteiger partial charge in [-0.1, -0.05) is 0 Å². The van der Waals surface area contributed by atoms with Gasteiger partial charge >= 0.3 is 0 Å². The molecule has 0 spiro atoms. The van der Waals surface area contributed by atoms with Gasteiger partial charge < -0.3 is 9.80 Å². The quantitative estimate of drug-likeness (QED) is 0.803. The Morgan fingerprint density at radius 2 is 1.83 bits per heavy atom. The first kappa shape index (κ1) is 15.6. The van der Waals surface area contributed by atoms with Crippen LogP contribution in [0.4, 0.5) is 5.69 Å². The molecule has 130 valence electrons. The number of amides is 2. The van der Waals surface area contributed by atoms with Crippen LogP contribution in [0.1, 0.15) is 38.1 Å². The van der Waals surface area contributed by atoms with Crippen LogP contribution < -0.4 is 4.90 Å². The Hall–Kier alpha value is -1.89. The van der Waals surface area contributed by atoms with Crippen LogP contribution in [0, 0.1) is 0 Å². The highest BCUT2D eigenvalue weighted by molar-refractivity contribution is 5.95. The second kappa shape index (κ2) is 6.55. The van der Waals surface area contributed by atoms with Gasteiger partial charge in [-0.25, -0.2) is 0 Å². The molecule has 7 nitrogen and oxygen atoms in total. The molecule has 0 radical (unpaired) electrons. The monoisotopic (exact) mass is 331 g/mol. The minimum absolute atomic E-state index is 0.205. The van der Waals surface area contributed by atoms with Crippen LogP contribution in [0.25, 0.3) is 0 Å².